The molecule has 0 aliphatic rings. The van der Waals surface area contributed by atoms with Gasteiger partial charge in [0.2, 0.25) is 0 Å². The van der Waals surface area contributed by atoms with Gasteiger partial charge in [0.05, 0.1) is 11.6 Å². The Bertz CT molecular complexity index is 619. The molecular weight excluding hydrogens is 359 g/mol. The topological polar surface area (TPSA) is 18.5 Å². The summed E-state index contributed by atoms with van der Waals surface area (Å²) in [5.41, 5.74) is 1.69. The molecule has 2 rings (SSSR count). The van der Waals surface area contributed by atoms with Gasteiger partial charge in [0.25, 0.3) is 0 Å². The average Bonchev–Trinajstić information content (AvgIpc) is 2.50. The predicted octanol–water partition coefficient (Wildman–Crippen LogP) is 5.35. The highest BCUT2D eigenvalue weighted by Gasteiger charge is 2.10. The maximum atomic E-state index is 13.4. The van der Waals surface area contributed by atoms with E-state index in [0.29, 0.717) is 23.7 Å². The fourth-order valence-electron chi connectivity index (χ4n) is 1.84. The summed E-state index contributed by atoms with van der Waals surface area (Å²) in [5.74, 6) is 0.835. The molecule has 0 saturated carbocycles. The normalized spacial score (nSPS) is 10.5. The highest BCUT2D eigenvalue weighted by atomic mass is 79.9. The first-order valence-corrected chi connectivity index (χ1v) is 8.03. The maximum absolute atomic E-state index is 13.4. The standard InChI is InChI=1S/C16H15BrClFO2/c1-2-20-15-8-11(9-17)6-7-14(15)21-10-12-4-3-5-13(19)16(12)18/h3-8H,2,9-10H2,1H3. The summed E-state index contributed by atoms with van der Waals surface area (Å²) in [6.07, 6.45) is 0. The molecule has 0 radical (unpaired) electrons. The molecular formula is C16H15BrClFO2. The summed E-state index contributed by atoms with van der Waals surface area (Å²) < 4.78 is 24.7. The lowest BCUT2D eigenvalue weighted by molar-refractivity contribution is 0.269. The minimum atomic E-state index is -0.447. The minimum absolute atomic E-state index is 0.0903. The van der Waals surface area contributed by atoms with Crippen LogP contribution in [-0.2, 0) is 11.9 Å². The molecule has 21 heavy (non-hydrogen) atoms. The lowest BCUT2D eigenvalue weighted by Crippen LogP contribution is -2.01. The zero-order valence-electron chi connectivity index (χ0n) is 11.5. The Labute approximate surface area is 137 Å². The van der Waals surface area contributed by atoms with E-state index in [4.69, 9.17) is 21.1 Å². The summed E-state index contributed by atoms with van der Waals surface area (Å²) >= 11 is 9.32. The number of rotatable bonds is 6. The number of halogens is 3. The van der Waals surface area contributed by atoms with Crippen LogP contribution in [0.5, 0.6) is 11.5 Å². The van der Waals surface area contributed by atoms with Gasteiger partial charge in [0.1, 0.15) is 12.4 Å². The highest BCUT2D eigenvalue weighted by molar-refractivity contribution is 9.08. The number of ether oxygens (including phenoxy) is 2. The molecule has 0 saturated heterocycles. The van der Waals surface area contributed by atoms with Crippen LogP contribution >= 0.6 is 27.5 Å². The van der Waals surface area contributed by atoms with Crippen molar-refractivity contribution in [2.45, 2.75) is 18.9 Å². The van der Waals surface area contributed by atoms with E-state index in [2.05, 4.69) is 15.9 Å². The van der Waals surface area contributed by atoms with Crippen LogP contribution in [0.4, 0.5) is 4.39 Å². The van der Waals surface area contributed by atoms with Gasteiger partial charge in [-0.25, -0.2) is 4.39 Å². The van der Waals surface area contributed by atoms with Crippen LogP contribution in [0, 0.1) is 5.82 Å². The largest absolute Gasteiger partial charge is 0.490 e. The smallest absolute Gasteiger partial charge is 0.161 e. The third-order valence-corrected chi connectivity index (χ3v) is 3.95. The first-order chi connectivity index (χ1) is 10.2. The predicted molar refractivity (Wildman–Crippen MR) is 86.0 cm³/mol. The van der Waals surface area contributed by atoms with Crippen LogP contribution in [0.1, 0.15) is 18.1 Å². The Balaban J connectivity index is 2.17. The minimum Gasteiger partial charge on any atom is -0.490 e. The molecule has 0 aromatic heterocycles. The molecule has 0 aliphatic carbocycles. The molecule has 2 nitrogen and oxygen atoms in total. The average molecular weight is 374 g/mol. The number of hydrogen-bond donors (Lipinski definition) is 0. The molecule has 0 fully saturated rings. The van der Waals surface area contributed by atoms with Gasteiger partial charge in [0, 0.05) is 10.9 Å². The van der Waals surface area contributed by atoms with Crippen molar-refractivity contribution < 1.29 is 13.9 Å². The van der Waals surface area contributed by atoms with Gasteiger partial charge in [-0.15, -0.1) is 0 Å². The lowest BCUT2D eigenvalue weighted by atomic mass is 10.2. The van der Waals surface area contributed by atoms with Crippen molar-refractivity contribution in [1.82, 2.24) is 0 Å². The summed E-state index contributed by atoms with van der Waals surface area (Å²) in [6, 6.07) is 10.4. The number of benzene rings is 2. The molecule has 0 N–H and O–H groups in total. The van der Waals surface area contributed by atoms with Crippen molar-refractivity contribution in [3.63, 3.8) is 0 Å². The van der Waals surface area contributed by atoms with Crippen LogP contribution in [0.15, 0.2) is 36.4 Å². The Morgan fingerprint density at radius 2 is 1.95 bits per heavy atom. The van der Waals surface area contributed by atoms with Gasteiger partial charge in [-0.1, -0.05) is 45.7 Å². The molecule has 112 valence electrons. The monoisotopic (exact) mass is 372 g/mol. The van der Waals surface area contributed by atoms with Crippen molar-refractivity contribution in [2.75, 3.05) is 6.61 Å². The van der Waals surface area contributed by atoms with E-state index in [1.165, 1.54) is 6.07 Å². The van der Waals surface area contributed by atoms with E-state index < -0.39 is 5.82 Å². The van der Waals surface area contributed by atoms with E-state index in [1.54, 1.807) is 12.1 Å². The van der Waals surface area contributed by atoms with Crippen LogP contribution in [0.3, 0.4) is 0 Å². The Morgan fingerprint density at radius 1 is 1.14 bits per heavy atom. The van der Waals surface area contributed by atoms with E-state index in [-0.39, 0.29) is 11.6 Å². The van der Waals surface area contributed by atoms with Crippen LogP contribution < -0.4 is 9.47 Å². The van der Waals surface area contributed by atoms with Crippen molar-refractivity contribution in [2.24, 2.45) is 0 Å². The Hall–Kier alpha value is -1.26. The first kappa shape index (κ1) is 16.1. The summed E-state index contributed by atoms with van der Waals surface area (Å²) in [6.45, 7) is 2.64. The van der Waals surface area contributed by atoms with Crippen molar-refractivity contribution in [1.29, 1.82) is 0 Å². The van der Waals surface area contributed by atoms with Crippen molar-refractivity contribution >= 4 is 27.5 Å². The molecule has 0 amide bonds. The summed E-state index contributed by atoms with van der Waals surface area (Å²) in [5, 5.41) is 0.829. The molecule has 5 heteroatoms. The van der Waals surface area contributed by atoms with Gasteiger partial charge < -0.3 is 9.47 Å². The van der Waals surface area contributed by atoms with Crippen molar-refractivity contribution in [3.05, 3.63) is 58.4 Å². The van der Waals surface area contributed by atoms with Crippen molar-refractivity contribution in [3.8, 4) is 11.5 Å². The zero-order valence-corrected chi connectivity index (χ0v) is 13.9. The van der Waals surface area contributed by atoms with Gasteiger partial charge in [0.15, 0.2) is 11.5 Å². The second kappa shape index (κ2) is 7.66. The van der Waals surface area contributed by atoms with Crippen LogP contribution in [0.2, 0.25) is 5.02 Å². The molecule has 0 heterocycles. The Morgan fingerprint density at radius 3 is 2.67 bits per heavy atom. The second-order valence-electron chi connectivity index (χ2n) is 4.35. The van der Waals surface area contributed by atoms with E-state index in [0.717, 1.165) is 10.9 Å². The number of hydrogen-bond acceptors (Lipinski definition) is 2. The molecule has 0 spiro atoms. The molecule has 0 bridgehead atoms. The van der Waals surface area contributed by atoms with Gasteiger partial charge in [-0.2, -0.15) is 0 Å². The van der Waals surface area contributed by atoms with E-state index in [9.17, 15) is 4.39 Å². The summed E-state index contributed by atoms with van der Waals surface area (Å²) in [7, 11) is 0. The zero-order chi connectivity index (χ0) is 15.2. The summed E-state index contributed by atoms with van der Waals surface area (Å²) in [4.78, 5) is 0. The number of alkyl halides is 1. The van der Waals surface area contributed by atoms with E-state index >= 15 is 0 Å². The highest BCUT2D eigenvalue weighted by Crippen LogP contribution is 2.31. The maximum Gasteiger partial charge on any atom is 0.161 e. The molecule has 0 aliphatic heterocycles. The quantitative estimate of drug-likeness (QED) is 0.635. The fourth-order valence-corrected chi connectivity index (χ4v) is 2.37. The molecule has 0 unspecified atom stereocenters. The SMILES string of the molecule is CCOc1cc(CBr)ccc1OCc1cccc(F)c1Cl. The van der Waals surface area contributed by atoms with Crippen LogP contribution in [0.25, 0.3) is 0 Å². The molecule has 0 atom stereocenters. The Kier molecular flexibility index (Phi) is 5.88. The second-order valence-corrected chi connectivity index (χ2v) is 5.29. The molecule has 2 aromatic rings. The first-order valence-electron chi connectivity index (χ1n) is 6.53. The van der Waals surface area contributed by atoms with Crippen LogP contribution in [-0.4, -0.2) is 6.61 Å². The molecule has 2 aromatic carbocycles. The van der Waals surface area contributed by atoms with E-state index in [1.807, 2.05) is 25.1 Å². The van der Waals surface area contributed by atoms with Gasteiger partial charge >= 0.3 is 0 Å². The van der Waals surface area contributed by atoms with Gasteiger partial charge in [-0.05, 0) is 30.7 Å². The fraction of sp³-hybridized carbons (Fsp3) is 0.250. The lowest BCUT2D eigenvalue weighted by Gasteiger charge is -2.13. The van der Waals surface area contributed by atoms with Gasteiger partial charge in [-0.3, -0.25) is 0 Å². The third kappa shape index (κ3) is 4.11. The third-order valence-electron chi connectivity index (χ3n) is 2.88.